The number of para-hydroxylation sites is 2. The summed E-state index contributed by atoms with van der Waals surface area (Å²) in [6.07, 6.45) is 6.84. The van der Waals surface area contributed by atoms with E-state index in [1.165, 1.54) is 17.7 Å². The molecule has 3 heterocycles. The van der Waals surface area contributed by atoms with Gasteiger partial charge >= 0.3 is 5.97 Å². The molecular formula is C31H28N6O4. The molecule has 2 aromatic carbocycles. The van der Waals surface area contributed by atoms with Crippen LogP contribution < -0.4 is 10.9 Å². The Labute approximate surface area is 236 Å². The monoisotopic (exact) mass is 548 g/mol. The van der Waals surface area contributed by atoms with Crippen molar-refractivity contribution in [1.29, 1.82) is 0 Å². The van der Waals surface area contributed by atoms with Gasteiger partial charge < -0.3 is 10.1 Å². The molecule has 0 aliphatic carbocycles. The minimum Gasteiger partial charge on any atom is -0.449 e. The van der Waals surface area contributed by atoms with Gasteiger partial charge in [0.1, 0.15) is 11.4 Å². The van der Waals surface area contributed by atoms with Gasteiger partial charge in [0.25, 0.3) is 11.5 Å². The summed E-state index contributed by atoms with van der Waals surface area (Å²) in [4.78, 5) is 42.9. The molecule has 41 heavy (non-hydrogen) atoms. The second kappa shape index (κ2) is 11.7. The summed E-state index contributed by atoms with van der Waals surface area (Å²) in [5.74, 6) is -1.34. The molecule has 5 rings (SSSR count). The quantitative estimate of drug-likeness (QED) is 0.228. The number of anilines is 1. The van der Waals surface area contributed by atoms with E-state index in [1.54, 1.807) is 60.1 Å². The summed E-state index contributed by atoms with van der Waals surface area (Å²) in [5.41, 5.74) is 3.88. The SMILES string of the molecule is Cc1c(NC(=O)[C@H](C)OC(=O)/C=C/c2cn(-c3ccccc3)nc2-c2cccnc2)c(=O)n(-c2ccccc2)n1C. The summed E-state index contributed by atoms with van der Waals surface area (Å²) in [7, 11) is 1.73. The van der Waals surface area contributed by atoms with Gasteiger partial charge in [-0.15, -0.1) is 0 Å². The number of pyridine rings is 1. The number of rotatable bonds is 8. The van der Waals surface area contributed by atoms with Crippen molar-refractivity contribution >= 4 is 23.6 Å². The normalized spacial score (nSPS) is 11.9. The maximum atomic E-state index is 13.1. The van der Waals surface area contributed by atoms with E-state index in [9.17, 15) is 14.4 Å². The average molecular weight is 549 g/mol. The lowest BCUT2D eigenvalue weighted by atomic mass is 10.1. The standard InChI is InChI=1S/C31H28N6O4/c1-21-28(31(40)37(35(21)3)26-14-8-5-9-15-26)33-30(39)22(2)41-27(38)17-16-24-20-36(25-12-6-4-7-13-25)34-29(24)23-11-10-18-32-19-23/h4-20,22H,1-3H3,(H,33,39)/b17-16+/t22-/m0/s1. The second-order valence-electron chi connectivity index (χ2n) is 9.29. The number of aromatic nitrogens is 5. The molecular weight excluding hydrogens is 520 g/mol. The molecule has 0 fully saturated rings. The van der Waals surface area contributed by atoms with Crippen molar-refractivity contribution in [2.45, 2.75) is 20.0 Å². The molecule has 0 saturated carbocycles. The molecule has 0 saturated heterocycles. The molecule has 10 nitrogen and oxygen atoms in total. The molecule has 0 bridgehead atoms. The fourth-order valence-electron chi connectivity index (χ4n) is 4.31. The Bertz CT molecular complexity index is 1770. The van der Waals surface area contributed by atoms with E-state index in [-0.39, 0.29) is 11.2 Å². The molecule has 1 N–H and O–H groups in total. The highest BCUT2D eigenvalue weighted by atomic mass is 16.5. The zero-order valence-electron chi connectivity index (χ0n) is 22.8. The van der Waals surface area contributed by atoms with Gasteiger partial charge in [0.15, 0.2) is 6.10 Å². The van der Waals surface area contributed by atoms with Crippen LogP contribution in [-0.4, -0.2) is 42.1 Å². The van der Waals surface area contributed by atoms with Crippen LogP contribution in [0.5, 0.6) is 0 Å². The first-order valence-corrected chi connectivity index (χ1v) is 12.9. The van der Waals surface area contributed by atoms with Crippen LogP contribution in [0.1, 0.15) is 18.2 Å². The molecule has 0 aliphatic rings. The van der Waals surface area contributed by atoms with Crippen LogP contribution in [0.2, 0.25) is 0 Å². The average Bonchev–Trinajstić information content (AvgIpc) is 3.52. The van der Waals surface area contributed by atoms with Crippen LogP contribution in [0.15, 0.2) is 102 Å². The summed E-state index contributed by atoms with van der Waals surface area (Å²) < 4.78 is 10.2. The van der Waals surface area contributed by atoms with Gasteiger partial charge in [0.2, 0.25) is 0 Å². The van der Waals surface area contributed by atoms with Crippen molar-refractivity contribution in [3.63, 3.8) is 0 Å². The molecule has 0 radical (unpaired) electrons. The Morgan fingerprint density at radius 1 is 0.976 bits per heavy atom. The largest absolute Gasteiger partial charge is 0.449 e. The van der Waals surface area contributed by atoms with E-state index in [0.717, 1.165) is 11.3 Å². The minimum atomic E-state index is -1.15. The number of hydrogen-bond donors (Lipinski definition) is 1. The fourth-order valence-corrected chi connectivity index (χ4v) is 4.31. The van der Waals surface area contributed by atoms with E-state index in [1.807, 2.05) is 60.7 Å². The van der Waals surface area contributed by atoms with Crippen molar-refractivity contribution in [3.05, 3.63) is 119 Å². The molecule has 5 aromatic rings. The molecule has 1 amide bonds. The van der Waals surface area contributed by atoms with Gasteiger partial charge in [-0.1, -0.05) is 36.4 Å². The van der Waals surface area contributed by atoms with Gasteiger partial charge in [0.05, 0.1) is 17.1 Å². The summed E-state index contributed by atoms with van der Waals surface area (Å²) in [5, 5.41) is 7.31. The van der Waals surface area contributed by atoms with Gasteiger partial charge in [-0.05, 0) is 56.3 Å². The van der Waals surface area contributed by atoms with Gasteiger partial charge in [-0.25, -0.2) is 14.2 Å². The third kappa shape index (κ3) is 5.76. The molecule has 206 valence electrons. The van der Waals surface area contributed by atoms with E-state index >= 15 is 0 Å². The van der Waals surface area contributed by atoms with E-state index in [2.05, 4.69) is 15.4 Å². The molecule has 0 unspecified atom stereocenters. The van der Waals surface area contributed by atoms with Gasteiger partial charge in [-0.2, -0.15) is 5.10 Å². The number of benzene rings is 2. The lowest BCUT2D eigenvalue weighted by Crippen LogP contribution is -2.31. The van der Waals surface area contributed by atoms with Gasteiger partial charge in [-0.3, -0.25) is 19.3 Å². The van der Waals surface area contributed by atoms with Crippen molar-refractivity contribution in [2.24, 2.45) is 7.05 Å². The Hall–Kier alpha value is -5.51. The van der Waals surface area contributed by atoms with E-state index < -0.39 is 18.0 Å². The summed E-state index contributed by atoms with van der Waals surface area (Å²) >= 11 is 0. The van der Waals surface area contributed by atoms with Crippen LogP contribution in [0.3, 0.4) is 0 Å². The van der Waals surface area contributed by atoms with Gasteiger partial charge in [0, 0.05) is 42.8 Å². The Kier molecular flexibility index (Phi) is 7.73. The van der Waals surface area contributed by atoms with E-state index in [4.69, 9.17) is 4.74 Å². The maximum absolute atomic E-state index is 13.1. The zero-order valence-corrected chi connectivity index (χ0v) is 22.8. The number of nitrogens with one attached hydrogen (secondary N) is 1. The molecule has 1 atom stereocenters. The third-order valence-corrected chi connectivity index (χ3v) is 6.56. The highest BCUT2D eigenvalue weighted by molar-refractivity contribution is 5.97. The highest BCUT2D eigenvalue weighted by Gasteiger charge is 2.23. The highest BCUT2D eigenvalue weighted by Crippen LogP contribution is 2.24. The predicted octanol–water partition coefficient (Wildman–Crippen LogP) is 4.32. The first-order valence-electron chi connectivity index (χ1n) is 12.9. The van der Waals surface area contributed by atoms with Crippen LogP contribution in [0, 0.1) is 6.92 Å². The molecule has 10 heteroatoms. The Morgan fingerprint density at radius 2 is 1.66 bits per heavy atom. The first-order chi connectivity index (χ1) is 19.8. The number of carbonyl (C=O) groups is 2. The molecule has 3 aromatic heterocycles. The second-order valence-corrected chi connectivity index (χ2v) is 9.29. The Morgan fingerprint density at radius 3 is 2.32 bits per heavy atom. The van der Waals surface area contributed by atoms with Crippen molar-refractivity contribution in [1.82, 2.24) is 24.1 Å². The fraction of sp³-hybridized carbons (Fsp3) is 0.129. The Balaban J connectivity index is 1.31. The number of hydrogen-bond acceptors (Lipinski definition) is 6. The smallest absolute Gasteiger partial charge is 0.331 e. The number of nitrogens with zero attached hydrogens (tertiary/aromatic N) is 5. The number of esters is 1. The van der Waals surface area contributed by atoms with Crippen LogP contribution in [0.25, 0.3) is 28.7 Å². The zero-order chi connectivity index (χ0) is 28.9. The number of carbonyl (C=O) groups excluding carboxylic acids is 2. The molecule has 0 aliphatic heterocycles. The summed E-state index contributed by atoms with van der Waals surface area (Å²) in [6.45, 7) is 3.18. The maximum Gasteiger partial charge on any atom is 0.331 e. The third-order valence-electron chi connectivity index (χ3n) is 6.56. The lowest BCUT2D eigenvalue weighted by molar-refractivity contribution is -0.148. The summed E-state index contributed by atoms with van der Waals surface area (Å²) in [6, 6.07) is 22.4. The van der Waals surface area contributed by atoms with E-state index in [0.29, 0.717) is 22.6 Å². The topological polar surface area (TPSA) is 113 Å². The molecule has 0 spiro atoms. The van der Waals surface area contributed by atoms with Crippen molar-refractivity contribution in [3.8, 4) is 22.6 Å². The predicted molar refractivity (Wildman–Crippen MR) is 156 cm³/mol. The van der Waals surface area contributed by atoms with Crippen LogP contribution in [0.4, 0.5) is 5.69 Å². The number of ether oxygens (including phenoxy) is 1. The van der Waals surface area contributed by atoms with Crippen molar-refractivity contribution < 1.29 is 14.3 Å². The van der Waals surface area contributed by atoms with Crippen LogP contribution >= 0.6 is 0 Å². The lowest BCUT2D eigenvalue weighted by Gasteiger charge is -2.11. The number of amides is 1. The minimum absolute atomic E-state index is 0.120. The van der Waals surface area contributed by atoms with Crippen molar-refractivity contribution in [2.75, 3.05) is 5.32 Å². The van der Waals surface area contributed by atoms with Crippen LogP contribution in [-0.2, 0) is 21.4 Å². The first kappa shape index (κ1) is 27.1.